The van der Waals surface area contributed by atoms with Crippen molar-refractivity contribution in [1.82, 2.24) is 0 Å². The van der Waals surface area contributed by atoms with Crippen molar-refractivity contribution in [2.24, 2.45) is 0 Å². The largest absolute Gasteiger partial charge is 0.472 e. The normalized spacial score (nSPS) is 14.4. The molecule has 0 amide bonds. The molecule has 0 saturated carbocycles. The third kappa shape index (κ3) is 72.3. The number of ether oxygens (including phenoxy) is 4. The van der Waals surface area contributed by atoms with Crippen molar-refractivity contribution in [2.45, 2.75) is 354 Å². The van der Waals surface area contributed by atoms with Crippen LogP contribution in [0.1, 0.15) is 336 Å². The van der Waals surface area contributed by atoms with Gasteiger partial charge in [0.25, 0.3) is 0 Å². The van der Waals surface area contributed by atoms with Gasteiger partial charge in [-0.2, -0.15) is 0 Å². The van der Waals surface area contributed by atoms with E-state index in [1.54, 1.807) is 0 Å². The van der Waals surface area contributed by atoms with Gasteiger partial charge in [0.15, 0.2) is 12.2 Å². The lowest BCUT2D eigenvalue weighted by atomic mass is 10.1. The van der Waals surface area contributed by atoms with Gasteiger partial charge in [0.1, 0.15) is 19.3 Å². The molecule has 0 spiro atoms. The third-order valence-electron chi connectivity index (χ3n) is 16.5. The van der Waals surface area contributed by atoms with Crippen molar-refractivity contribution in [3.05, 3.63) is 97.2 Å². The van der Waals surface area contributed by atoms with Gasteiger partial charge < -0.3 is 33.8 Å². The van der Waals surface area contributed by atoms with Crippen LogP contribution in [0.4, 0.5) is 0 Å². The highest BCUT2D eigenvalue weighted by Crippen LogP contribution is 2.45. The molecule has 0 heterocycles. The lowest BCUT2D eigenvalue weighted by Gasteiger charge is -2.21. The third-order valence-corrected chi connectivity index (χ3v) is 18.4. The van der Waals surface area contributed by atoms with Gasteiger partial charge in [-0.15, -0.1) is 0 Å². The number of carbonyl (C=O) groups is 4. The van der Waals surface area contributed by atoms with Crippen LogP contribution in [0.3, 0.4) is 0 Å². The molecule has 0 aliphatic heterocycles. The van der Waals surface area contributed by atoms with E-state index in [1.165, 1.54) is 51.4 Å². The summed E-state index contributed by atoms with van der Waals surface area (Å²) in [6, 6.07) is 0. The maximum absolute atomic E-state index is 13.1. The first-order chi connectivity index (χ1) is 48.7. The predicted octanol–water partition coefficient (Wildman–Crippen LogP) is 22.8. The molecule has 0 aliphatic rings. The lowest BCUT2D eigenvalue weighted by Crippen LogP contribution is -2.30. The quantitative estimate of drug-likeness (QED) is 0.0169. The first-order valence-corrected chi connectivity index (χ1v) is 42.5. The molecule has 578 valence electrons. The highest BCUT2D eigenvalue weighted by atomic mass is 31.2. The number of hydrogen-bond acceptors (Lipinski definition) is 15. The first kappa shape index (κ1) is 96.0. The molecule has 0 aliphatic carbocycles. The highest BCUT2D eigenvalue weighted by molar-refractivity contribution is 7.47. The standard InChI is InChI=1S/C81H142O17P2/c1-5-9-13-17-21-25-29-33-35-37-39-43-45-49-53-57-61-65-78(83)91-71-76(97-80(85)67-63-59-55-51-47-41-31-27-23-19-15-11-7-3)73-95-99(87,88)93-69-75(82)70-94-100(89,90)96-74-77(98-81(86)68-64-60-56-52-48-42-32-28-24-20-16-12-8-4)72-92-79(84)66-62-58-54-50-46-44-40-38-36-34-30-26-22-18-14-10-6-2/h9-10,13-14,21-22,25-28,31-36,75-77,82H,5-8,11-12,15-20,23-24,29-30,37-74H2,1-4H3,(H,87,88)(H,89,90)/b13-9-,14-10-,25-21-,26-22-,31-27-,32-28-,35-33-,36-34-. The number of allylic oxidation sites excluding steroid dienone is 16. The van der Waals surface area contributed by atoms with Crippen molar-refractivity contribution < 1.29 is 80.2 Å². The van der Waals surface area contributed by atoms with Crippen LogP contribution < -0.4 is 0 Å². The average Bonchev–Trinajstić information content (AvgIpc) is 0.943. The number of carbonyl (C=O) groups excluding carboxylic acids is 4. The van der Waals surface area contributed by atoms with Crippen LogP contribution in [0.15, 0.2) is 97.2 Å². The van der Waals surface area contributed by atoms with E-state index in [9.17, 15) is 43.2 Å². The minimum atomic E-state index is -4.98. The fraction of sp³-hybridized carbons (Fsp3) is 0.753. The van der Waals surface area contributed by atoms with Gasteiger partial charge in [-0.3, -0.25) is 37.3 Å². The highest BCUT2D eigenvalue weighted by Gasteiger charge is 2.30. The van der Waals surface area contributed by atoms with Gasteiger partial charge in [-0.1, -0.05) is 266 Å². The Bertz CT molecular complexity index is 2120. The summed E-state index contributed by atoms with van der Waals surface area (Å²) >= 11 is 0. The Morgan fingerprint density at radius 2 is 0.520 bits per heavy atom. The zero-order chi connectivity index (χ0) is 73.2. The molecular formula is C81H142O17P2. The summed E-state index contributed by atoms with van der Waals surface area (Å²) in [5, 5.41) is 10.6. The summed E-state index contributed by atoms with van der Waals surface area (Å²) < 4.78 is 68.5. The summed E-state index contributed by atoms with van der Waals surface area (Å²) in [4.78, 5) is 72.9. The molecule has 4 unspecified atom stereocenters. The average molecular weight is 1450 g/mol. The number of aliphatic hydroxyl groups is 1. The summed E-state index contributed by atoms with van der Waals surface area (Å²) in [5.74, 6) is -2.20. The summed E-state index contributed by atoms with van der Waals surface area (Å²) in [6.45, 7) is 4.62. The van der Waals surface area contributed by atoms with Gasteiger partial charge in [0.2, 0.25) is 0 Å². The first-order valence-electron chi connectivity index (χ1n) is 39.5. The number of hydrogen-bond donors (Lipinski definition) is 3. The number of aliphatic hydroxyl groups excluding tert-OH is 1. The molecule has 0 saturated heterocycles. The second-order valence-corrected chi connectivity index (χ2v) is 29.1. The maximum Gasteiger partial charge on any atom is 0.472 e. The van der Waals surface area contributed by atoms with E-state index >= 15 is 0 Å². The number of unbranched alkanes of at least 4 members (excludes halogenated alkanes) is 32. The molecule has 0 rings (SSSR count). The van der Waals surface area contributed by atoms with Crippen molar-refractivity contribution in [3.8, 4) is 0 Å². The molecule has 3 N–H and O–H groups in total. The Labute approximate surface area is 607 Å². The second-order valence-electron chi connectivity index (χ2n) is 26.2. The Morgan fingerprint density at radius 1 is 0.290 bits per heavy atom. The van der Waals surface area contributed by atoms with Gasteiger partial charge in [0.05, 0.1) is 26.4 Å². The summed E-state index contributed by atoms with van der Waals surface area (Å²) in [7, 11) is -9.96. The van der Waals surface area contributed by atoms with Crippen LogP contribution in [-0.2, 0) is 65.4 Å². The van der Waals surface area contributed by atoms with E-state index in [1.807, 2.05) is 0 Å². The molecule has 100 heavy (non-hydrogen) atoms. The van der Waals surface area contributed by atoms with Crippen molar-refractivity contribution >= 4 is 39.5 Å². The summed E-state index contributed by atoms with van der Waals surface area (Å²) in [5.41, 5.74) is 0. The smallest absolute Gasteiger partial charge is 0.462 e. The maximum atomic E-state index is 13.1. The molecule has 0 fully saturated rings. The van der Waals surface area contributed by atoms with E-state index in [4.69, 9.17) is 37.0 Å². The van der Waals surface area contributed by atoms with E-state index < -0.39 is 97.5 Å². The minimum absolute atomic E-state index is 0.0832. The Hall–Kier alpha value is -4.02. The molecule has 4 atom stereocenters. The lowest BCUT2D eigenvalue weighted by molar-refractivity contribution is -0.161. The van der Waals surface area contributed by atoms with Crippen LogP contribution in [-0.4, -0.2) is 96.7 Å². The van der Waals surface area contributed by atoms with Gasteiger partial charge in [-0.05, 0) is 141 Å². The number of phosphoric ester groups is 2. The van der Waals surface area contributed by atoms with E-state index in [-0.39, 0.29) is 25.7 Å². The van der Waals surface area contributed by atoms with Gasteiger partial charge in [0, 0.05) is 25.7 Å². The zero-order valence-corrected chi connectivity index (χ0v) is 64.9. The van der Waals surface area contributed by atoms with Crippen molar-refractivity contribution in [3.63, 3.8) is 0 Å². The summed E-state index contributed by atoms with van der Waals surface area (Å²) in [6.07, 6.45) is 76.7. The molecule has 0 bridgehead atoms. The molecule has 0 aromatic heterocycles. The number of phosphoric acid groups is 2. The van der Waals surface area contributed by atoms with Crippen LogP contribution in [0.2, 0.25) is 0 Å². The van der Waals surface area contributed by atoms with Gasteiger partial charge in [-0.25, -0.2) is 9.13 Å². The second kappa shape index (κ2) is 73.3. The zero-order valence-electron chi connectivity index (χ0n) is 63.1. The topological polar surface area (TPSA) is 237 Å². The van der Waals surface area contributed by atoms with Crippen LogP contribution in [0.5, 0.6) is 0 Å². The fourth-order valence-electron chi connectivity index (χ4n) is 10.5. The Kier molecular flexibility index (Phi) is 70.4. The van der Waals surface area contributed by atoms with Crippen molar-refractivity contribution in [1.29, 1.82) is 0 Å². The minimum Gasteiger partial charge on any atom is -0.462 e. The van der Waals surface area contributed by atoms with Crippen LogP contribution in [0, 0.1) is 0 Å². The number of esters is 4. The molecule has 0 radical (unpaired) electrons. The van der Waals surface area contributed by atoms with E-state index in [0.717, 1.165) is 205 Å². The van der Waals surface area contributed by atoms with E-state index in [0.29, 0.717) is 25.7 Å². The predicted molar refractivity (Wildman–Crippen MR) is 409 cm³/mol. The Balaban J connectivity index is 5.33. The van der Waals surface area contributed by atoms with Crippen molar-refractivity contribution in [2.75, 3.05) is 39.6 Å². The SMILES string of the molecule is CC/C=C\C/C=C\C/C=C\CCCCCCCCCC(=O)OCC(COP(=O)(O)OCC(O)COP(=O)(O)OCC(COC(=O)CCCCCCCCC/C=C\C/C=C\C/C=C\CC)OC(=O)CCCCCCC/C=C\CCCCCC)OC(=O)CCCCCCC/C=C\CCCCCC. The monoisotopic (exact) mass is 1450 g/mol. The molecule has 0 aromatic carbocycles. The van der Waals surface area contributed by atoms with E-state index in [2.05, 4.69) is 125 Å². The number of rotatable bonds is 74. The molecule has 17 nitrogen and oxygen atoms in total. The van der Waals surface area contributed by atoms with Crippen LogP contribution >= 0.6 is 15.6 Å². The fourth-order valence-corrected chi connectivity index (χ4v) is 12.1. The molecule has 0 aromatic rings. The molecule has 19 heteroatoms. The van der Waals surface area contributed by atoms with Crippen LogP contribution in [0.25, 0.3) is 0 Å². The molecular weight excluding hydrogens is 1310 g/mol. The van der Waals surface area contributed by atoms with Gasteiger partial charge >= 0.3 is 39.5 Å². The Morgan fingerprint density at radius 3 is 0.810 bits per heavy atom.